The van der Waals surface area contributed by atoms with Gasteiger partial charge >= 0.3 is 11.9 Å². The number of aromatic nitrogens is 2. The van der Waals surface area contributed by atoms with Crippen molar-refractivity contribution in [3.05, 3.63) is 45.9 Å². The molecular formula is C26H26N6O7S4. The highest BCUT2D eigenvalue weighted by Gasteiger charge is 2.55. The highest BCUT2D eigenvalue weighted by atomic mass is 32.2. The van der Waals surface area contributed by atoms with Crippen molar-refractivity contribution in [3.8, 4) is 0 Å². The van der Waals surface area contributed by atoms with E-state index in [2.05, 4.69) is 20.4 Å². The van der Waals surface area contributed by atoms with Gasteiger partial charge in [0.15, 0.2) is 15.2 Å². The van der Waals surface area contributed by atoms with E-state index < -0.39 is 47.4 Å². The van der Waals surface area contributed by atoms with Gasteiger partial charge in [0.2, 0.25) is 6.79 Å². The molecule has 1 unspecified atom stereocenters. The molecule has 1 fully saturated rings. The molecule has 0 saturated carbocycles. The van der Waals surface area contributed by atoms with Crippen LogP contribution >= 0.6 is 46.2 Å². The number of ether oxygens (including phenoxy) is 2. The van der Waals surface area contributed by atoms with E-state index in [1.807, 2.05) is 24.3 Å². The van der Waals surface area contributed by atoms with Crippen molar-refractivity contribution < 1.29 is 33.5 Å². The first-order valence-electron chi connectivity index (χ1n) is 12.7. The summed E-state index contributed by atoms with van der Waals surface area (Å²) in [4.78, 5) is 67.5. The Bertz CT molecular complexity index is 1630. The van der Waals surface area contributed by atoms with E-state index in [-0.39, 0.29) is 22.2 Å². The van der Waals surface area contributed by atoms with Gasteiger partial charge in [-0.3, -0.25) is 19.3 Å². The third-order valence-corrected chi connectivity index (χ3v) is 10.4. The minimum Gasteiger partial charge on any atom is -0.427 e. The quantitative estimate of drug-likeness (QED) is 0.113. The number of nitrogen functional groups attached to an aromatic ring is 1. The Hall–Kier alpha value is -3.67. The number of oxime groups is 1. The number of hydrogen-bond donors (Lipinski definition) is 2. The Balaban J connectivity index is 1.38. The average Bonchev–Trinajstić information content (AvgIpc) is 3.58. The van der Waals surface area contributed by atoms with Crippen LogP contribution in [0.4, 0.5) is 5.13 Å². The number of nitrogens with zero attached hydrogens (tertiary/aromatic N) is 4. The number of para-hydroxylation sites is 1. The van der Waals surface area contributed by atoms with Crippen LogP contribution in [-0.2, 0) is 33.5 Å². The van der Waals surface area contributed by atoms with Crippen LogP contribution in [0.1, 0.15) is 26.5 Å². The van der Waals surface area contributed by atoms with Gasteiger partial charge in [0.25, 0.3) is 11.8 Å². The molecule has 3 aromatic rings. The molecular weight excluding hydrogens is 637 g/mol. The molecule has 1 aromatic carbocycles. The Kier molecular flexibility index (Phi) is 8.96. The highest BCUT2D eigenvalue weighted by Crippen LogP contribution is 2.46. The third-order valence-electron chi connectivity index (χ3n) is 6.05. The summed E-state index contributed by atoms with van der Waals surface area (Å²) in [5.41, 5.74) is 5.78. The maximum Gasteiger partial charge on any atom is 0.358 e. The summed E-state index contributed by atoms with van der Waals surface area (Å²) in [5, 5.41) is 7.61. The summed E-state index contributed by atoms with van der Waals surface area (Å²) in [5.74, 6) is -2.28. The van der Waals surface area contributed by atoms with Gasteiger partial charge in [0.1, 0.15) is 29.9 Å². The van der Waals surface area contributed by atoms with Crippen molar-refractivity contribution in [1.82, 2.24) is 20.2 Å². The molecule has 2 aliphatic heterocycles. The number of fused-ring (bicyclic) bond motifs is 2. The van der Waals surface area contributed by atoms with Crippen molar-refractivity contribution in [2.75, 3.05) is 25.4 Å². The van der Waals surface area contributed by atoms with Gasteiger partial charge in [0, 0.05) is 16.0 Å². The van der Waals surface area contributed by atoms with Gasteiger partial charge in [-0.2, -0.15) is 0 Å². The fraction of sp³-hybridized carbons (Fsp3) is 0.346. The molecule has 17 heteroatoms. The molecule has 43 heavy (non-hydrogen) atoms. The van der Waals surface area contributed by atoms with E-state index in [9.17, 15) is 19.2 Å². The van der Waals surface area contributed by atoms with Crippen molar-refractivity contribution in [2.24, 2.45) is 10.6 Å². The molecule has 0 spiro atoms. The van der Waals surface area contributed by atoms with Crippen molar-refractivity contribution in [1.29, 1.82) is 0 Å². The van der Waals surface area contributed by atoms with Crippen LogP contribution in [0.3, 0.4) is 0 Å². The van der Waals surface area contributed by atoms with Crippen molar-refractivity contribution in [3.63, 3.8) is 0 Å². The number of anilines is 1. The second kappa shape index (κ2) is 12.5. The molecule has 1 saturated heterocycles. The summed E-state index contributed by atoms with van der Waals surface area (Å²) < 4.78 is 12.1. The Morgan fingerprint density at radius 3 is 2.65 bits per heavy atom. The molecule has 2 aliphatic rings. The van der Waals surface area contributed by atoms with Gasteiger partial charge in [-0.1, -0.05) is 29.1 Å². The third kappa shape index (κ3) is 6.48. The smallest absolute Gasteiger partial charge is 0.358 e. The Morgan fingerprint density at radius 1 is 1.21 bits per heavy atom. The number of hydrogen-bond acceptors (Lipinski definition) is 15. The Labute approximate surface area is 262 Å². The predicted octanol–water partition coefficient (Wildman–Crippen LogP) is 3.18. The second-order valence-electron chi connectivity index (χ2n) is 10.1. The Morgan fingerprint density at radius 2 is 1.98 bits per heavy atom. The number of carbonyl (C=O) groups excluding carboxylic acids is 4. The molecule has 2 atom stereocenters. The molecule has 226 valence electrons. The number of thioether (sulfide) groups is 2. The lowest BCUT2D eigenvalue weighted by molar-refractivity contribution is -0.173. The number of β-lactam (4-membered cyclic amide) rings is 1. The van der Waals surface area contributed by atoms with Crippen LogP contribution in [0.2, 0.25) is 0 Å². The summed E-state index contributed by atoms with van der Waals surface area (Å²) in [6.45, 7) is 4.41. The molecule has 2 aromatic heterocycles. The summed E-state index contributed by atoms with van der Waals surface area (Å²) in [7, 11) is 1.28. The van der Waals surface area contributed by atoms with Crippen LogP contribution in [0.5, 0.6) is 0 Å². The largest absolute Gasteiger partial charge is 0.427 e. The fourth-order valence-corrected chi connectivity index (χ4v) is 8.23. The van der Waals surface area contributed by atoms with Crippen molar-refractivity contribution in [2.45, 2.75) is 36.5 Å². The van der Waals surface area contributed by atoms with Gasteiger partial charge in [-0.15, -0.1) is 34.4 Å². The fourth-order valence-electron chi connectivity index (χ4n) is 3.98. The van der Waals surface area contributed by atoms with Crippen LogP contribution in [0, 0.1) is 5.41 Å². The highest BCUT2D eigenvalue weighted by molar-refractivity contribution is 8.07. The van der Waals surface area contributed by atoms with E-state index in [0.717, 1.165) is 21.6 Å². The molecule has 2 amide bonds. The van der Waals surface area contributed by atoms with E-state index in [1.54, 1.807) is 26.2 Å². The number of amides is 2. The molecule has 0 bridgehead atoms. The van der Waals surface area contributed by atoms with Crippen LogP contribution in [-0.4, -0.2) is 75.4 Å². The van der Waals surface area contributed by atoms with Gasteiger partial charge in [0.05, 0.1) is 15.6 Å². The summed E-state index contributed by atoms with van der Waals surface area (Å²) >= 11 is 5.21. The average molecular weight is 663 g/mol. The summed E-state index contributed by atoms with van der Waals surface area (Å²) in [6.07, 6.45) is 0. The van der Waals surface area contributed by atoms with Crippen LogP contribution < -0.4 is 11.1 Å². The molecule has 13 nitrogen and oxygen atoms in total. The predicted molar refractivity (Wildman–Crippen MR) is 164 cm³/mol. The zero-order valence-corrected chi connectivity index (χ0v) is 26.6. The van der Waals surface area contributed by atoms with E-state index in [0.29, 0.717) is 15.0 Å². The monoisotopic (exact) mass is 662 g/mol. The van der Waals surface area contributed by atoms with Crippen LogP contribution in [0.25, 0.3) is 10.2 Å². The maximum atomic E-state index is 13.5. The first-order valence-corrected chi connectivity index (χ1v) is 16.2. The number of benzene rings is 1. The van der Waals surface area contributed by atoms with Gasteiger partial charge in [-0.05, 0) is 32.9 Å². The maximum absolute atomic E-state index is 13.5. The topological polar surface area (TPSA) is 175 Å². The number of thiazole rings is 2. The minimum absolute atomic E-state index is 0.00775. The van der Waals surface area contributed by atoms with Crippen molar-refractivity contribution >= 4 is 91.0 Å². The first-order chi connectivity index (χ1) is 20.5. The van der Waals surface area contributed by atoms with E-state index in [4.69, 9.17) is 20.0 Å². The molecule has 5 rings (SSSR count). The number of rotatable bonds is 9. The lowest BCUT2D eigenvalue weighted by atomic mass is 9.98. The minimum atomic E-state index is -0.967. The lowest BCUT2D eigenvalue weighted by Gasteiger charge is -2.49. The molecule has 0 radical (unpaired) electrons. The lowest BCUT2D eigenvalue weighted by Crippen LogP contribution is -2.71. The molecule has 4 heterocycles. The first kappa shape index (κ1) is 30.8. The number of nitrogens with two attached hydrogens (primary N) is 1. The number of carbonyl (C=O) groups is 4. The zero-order chi connectivity index (χ0) is 30.9. The molecule has 3 N–H and O–H groups in total. The standard InChI is InChI=1S/C26H26N6O7S4/c1-26(2,3)23(36)39-11-38-22(35)18-15(43-25-29-12-7-5-6-8-14(12)42-25)10-40-21-17(20(34)32(18)21)30-19(33)16(31-37-4)13-9-41-24(27)28-13/h5-9,17,21H,10-11H2,1-4H3,(H2,27,28)(H,30,33)/t17?,21-/m0/s1. The molecule has 0 aliphatic carbocycles. The zero-order valence-electron chi connectivity index (χ0n) is 23.3. The van der Waals surface area contributed by atoms with Gasteiger partial charge < -0.3 is 25.4 Å². The van der Waals surface area contributed by atoms with Gasteiger partial charge in [-0.25, -0.2) is 14.8 Å². The normalized spacial score (nSPS) is 18.7. The number of esters is 2. The SMILES string of the molecule is CON=C(C(=O)NC1C(=O)N2C(C(=O)OCOC(=O)C(C)(C)C)=C(Sc3nc4ccccc4s3)CS[C@@H]12)c1csc(N)n1. The number of nitrogens with one attached hydrogen (secondary N) is 1. The second-order valence-corrected chi connectivity index (χ2v) is 14.5. The van der Waals surface area contributed by atoms with Crippen LogP contribution in [0.15, 0.2) is 49.7 Å². The van der Waals surface area contributed by atoms with E-state index >= 15 is 0 Å². The van der Waals surface area contributed by atoms with E-state index in [1.165, 1.54) is 46.9 Å². The summed E-state index contributed by atoms with van der Waals surface area (Å²) in [6, 6.07) is 6.67.